The maximum Gasteiger partial charge on any atom is 0.137 e. The van der Waals surface area contributed by atoms with Crippen LogP contribution in [0.5, 0.6) is 0 Å². The number of ketones is 1. The lowest BCUT2D eigenvalue weighted by Gasteiger charge is -2.32. The van der Waals surface area contributed by atoms with Crippen molar-refractivity contribution in [1.29, 1.82) is 0 Å². The van der Waals surface area contributed by atoms with Gasteiger partial charge >= 0.3 is 0 Å². The molecule has 2 bridgehead atoms. The molecule has 0 saturated carbocycles. The second kappa shape index (κ2) is 2.78. The van der Waals surface area contributed by atoms with Gasteiger partial charge in [-0.2, -0.15) is 5.06 Å². The highest BCUT2D eigenvalue weighted by Gasteiger charge is 2.57. The second-order valence-electron chi connectivity index (χ2n) is 4.67. The number of hydroxylamine groups is 2. The minimum atomic E-state index is -0.449. The topological polar surface area (TPSA) is 49.8 Å². The van der Waals surface area contributed by atoms with Crippen molar-refractivity contribution < 1.29 is 14.7 Å². The number of rotatable bonds is 1. The summed E-state index contributed by atoms with van der Waals surface area (Å²) in [6.45, 7) is 1.61. The molecule has 0 aliphatic carbocycles. The number of hydrogen-bond donors (Lipinski definition) is 1. The van der Waals surface area contributed by atoms with Crippen molar-refractivity contribution in [3.8, 4) is 0 Å². The van der Waals surface area contributed by atoms with Crippen molar-refractivity contribution >= 4 is 5.78 Å². The molecule has 0 unspecified atom stereocenters. The van der Waals surface area contributed by atoms with Crippen LogP contribution in [-0.4, -0.2) is 40.2 Å². The van der Waals surface area contributed by atoms with Crippen LogP contribution in [0.25, 0.3) is 0 Å². The predicted molar refractivity (Wildman–Crippen MR) is 48.3 cm³/mol. The Labute approximate surface area is 82.8 Å². The summed E-state index contributed by atoms with van der Waals surface area (Å²) in [6.07, 6.45) is 2.14. The van der Waals surface area contributed by atoms with Crippen LogP contribution >= 0.6 is 0 Å². The van der Waals surface area contributed by atoms with E-state index < -0.39 is 6.10 Å². The van der Waals surface area contributed by atoms with E-state index in [0.717, 1.165) is 19.3 Å². The third-order valence-electron chi connectivity index (χ3n) is 3.86. The summed E-state index contributed by atoms with van der Waals surface area (Å²) in [5, 5.41) is 11.8. The van der Waals surface area contributed by atoms with E-state index in [1.165, 1.54) is 0 Å². The lowest BCUT2D eigenvalue weighted by molar-refractivity contribution is -0.231. The second-order valence-corrected chi connectivity index (χ2v) is 4.67. The molecule has 1 N–H and O–H groups in total. The summed E-state index contributed by atoms with van der Waals surface area (Å²) in [4.78, 5) is 17.1. The Morgan fingerprint density at radius 3 is 3.00 bits per heavy atom. The molecule has 4 heteroatoms. The normalized spacial score (nSPS) is 51.1. The fourth-order valence-electron chi connectivity index (χ4n) is 3.26. The number of aliphatic hydroxyl groups is 1. The summed E-state index contributed by atoms with van der Waals surface area (Å²) < 4.78 is 0. The summed E-state index contributed by atoms with van der Waals surface area (Å²) in [5.74, 6) is 0.0570. The minimum Gasteiger partial charge on any atom is -0.390 e. The van der Waals surface area contributed by atoms with Crippen LogP contribution in [-0.2, 0) is 9.63 Å². The highest BCUT2D eigenvalue weighted by atomic mass is 16.7. The van der Waals surface area contributed by atoms with Crippen LogP contribution in [0.2, 0.25) is 0 Å². The molecule has 5 atom stereocenters. The number of hydrogen-bond acceptors (Lipinski definition) is 4. The van der Waals surface area contributed by atoms with Gasteiger partial charge in [-0.3, -0.25) is 9.63 Å². The quantitative estimate of drug-likeness (QED) is 0.648. The first-order valence-corrected chi connectivity index (χ1v) is 5.32. The molecule has 0 radical (unpaired) electrons. The van der Waals surface area contributed by atoms with E-state index in [4.69, 9.17) is 4.84 Å². The Morgan fingerprint density at radius 1 is 1.50 bits per heavy atom. The average molecular weight is 197 g/mol. The molecule has 3 heterocycles. The standard InChI is InChI=1S/C10H15NO3/c1-5(12)9-7-3-2-6-4-8(13)10(9)14-11(6)7/h6-10,13H,2-4H2,1H3/t6-,7+,8+,9+,10-/m1/s1. The molecule has 0 aromatic heterocycles. The van der Waals surface area contributed by atoms with Crippen LogP contribution < -0.4 is 0 Å². The van der Waals surface area contributed by atoms with E-state index in [9.17, 15) is 9.90 Å². The van der Waals surface area contributed by atoms with E-state index in [0.29, 0.717) is 6.04 Å². The molecular formula is C10H15NO3. The fraction of sp³-hybridized carbons (Fsp3) is 0.900. The summed E-state index contributed by atoms with van der Waals surface area (Å²) in [7, 11) is 0. The van der Waals surface area contributed by atoms with Gasteiger partial charge in [-0.1, -0.05) is 0 Å². The van der Waals surface area contributed by atoms with Gasteiger partial charge in [0, 0.05) is 12.1 Å². The van der Waals surface area contributed by atoms with Gasteiger partial charge in [0.15, 0.2) is 0 Å². The Bertz CT molecular complexity index is 279. The molecule has 3 saturated heterocycles. The highest BCUT2D eigenvalue weighted by molar-refractivity contribution is 5.80. The Morgan fingerprint density at radius 2 is 2.29 bits per heavy atom. The SMILES string of the molecule is CC(=O)[C@@H]1[C@@H]2ON3[C@H](CC[C@@H]13)C[C@@H]2O. The van der Waals surface area contributed by atoms with Crippen LogP contribution in [0.4, 0.5) is 0 Å². The number of Topliss-reactive ketones (excluding diaryl/α,β-unsaturated/α-hetero) is 1. The van der Waals surface area contributed by atoms with Gasteiger partial charge in [0.05, 0.1) is 12.0 Å². The van der Waals surface area contributed by atoms with Crippen LogP contribution in [0, 0.1) is 5.92 Å². The van der Waals surface area contributed by atoms with Gasteiger partial charge in [0.25, 0.3) is 0 Å². The number of carbonyl (C=O) groups is 1. The molecule has 3 aliphatic rings. The van der Waals surface area contributed by atoms with Crippen molar-refractivity contribution in [3.05, 3.63) is 0 Å². The summed E-state index contributed by atoms with van der Waals surface area (Å²) >= 11 is 0. The van der Waals surface area contributed by atoms with Crippen molar-refractivity contribution in [1.82, 2.24) is 5.06 Å². The van der Waals surface area contributed by atoms with E-state index in [1.54, 1.807) is 6.92 Å². The largest absolute Gasteiger partial charge is 0.390 e. The van der Waals surface area contributed by atoms with Crippen molar-refractivity contribution in [2.45, 2.75) is 50.5 Å². The van der Waals surface area contributed by atoms with E-state index >= 15 is 0 Å². The monoisotopic (exact) mass is 197 g/mol. The zero-order valence-electron chi connectivity index (χ0n) is 8.22. The molecule has 3 fully saturated rings. The van der Waals surface area contributed by atoms with Crippen molar-refractivity contribution in [2.75, 3.05) is 0 Å². The zero-order chi connectivity index (χ0) is 9.87. The molecule has 3 rings (SSSR count). The first kappa shape index (κ1) is 8.83. The van der Waals surface area contributed by atoms with Gasteiger partial charge < -0.3 is 5.11 Å². The van der Waals surface area contributed by atoms with Crippen LogP contribution in [0.15, 0.2) is 0 Å². The Balaban J connectivity index is 1.96. The lowest BCUT2D eigenvalue weighted by Crippen LogP contribution is -2.43. The number of nitrogens with zero attached hydrogens (tertiary/aromatic N) is 1. The first-order chi connectivity index (χ1) is 6.68. The molecule has 0 aromatic rings. The summed E-state index contributed by atoms with van der Waals surface area (Å²) in [5.41, 5.74) is 0. The highest BCUT2D eigenvalue weighted by Crippen LogP contribution is 2.45. The molecule has 0 spiro atoms. The predicted octanol–water partition coefficient (Wildman–Crippen LogP) is 0.103. The van der Waals surface area contributed by atoms with Crippen molar-refractivity contribution in [3.63, 3.8) is 0 Å². The lowest BCUT2D eigenvalue weighted by atomic mass is 9.84. The van der Waals surface area contributed by atoms with Gasteiger partial charge in [-0.25, -0.2) is 0 Å². The maximum absolute atomic E-state index is 11.5. The average Bonchev–Trinajstić information content (AvgIpc) is 2.60. The minimum absolute atomic E-state index is 0.0995. The first-order valence-electron chi connectivity index (χ1n) is 5.32. The van der Waals surface area contributed by atoms with Gasteiger partial charge in [-0.15, -0.1) is 0 Å². The van der Waals surface area contributed by atoms with Crippen LogP contribution in [0.3, 0.4) is 0 Å². The smallest absolute Gasteiger partial charge is 0.137 e. The van der Waals surface area contributed by atoms with E-state index in [1.807, 2.05) is 5.06 Å². The molecule has 14 heavy (non-hydrogen) atoms. The third kappa shape index (κ3) is 0.962. The van der Waals surface area contributed by atoms with E-state index in [-0.39, 0.29) is 23.8 Å². The molecule has 78 valence electrons. The number of aliphatic hydroxyl groups excluding tert-OH is 1. The van der Waals surface area contributed by atoms with Crippen LogP contribution in [0.1, 0.15) is 26.2 Å². The third-order valence-corrected chi connectivity index (χ3v) is 3.86. The Kier molecular flexibility index (Phi) is 1.75. The zero-order valence-corrected chi connectivity index (χ0v) is 8.22. The molecule has 3 aliphatic heterocycles. The molecule has 0 aromatic carbocycles. The molecule has 4 nitrogen and oxygen atoms in total. The van der Waals surface area contributed by atoms with Crippen molar-refractivity contribution in [2.24, 2.45) is 5.92 Å². The summed E-state index contributed by atoms with van der Waals surface area (Å²) in [6, 6.07) is 0.579. The fourth-order valence-corrected chi connectivity index (χ4v) is 3.26. The van der Waals surface area contributed by atoms with Gasteiger partial charge in [0.2, 0.25) is 0 Å². The molecule has 0 amide bonds. The van der Waals surface area contributed by atoms with E-state index in [2.05, 4.69) is 0 Å². The Hall–Kier alpha value is -0.450. The number of carbonyl (C=O) groups excluding carboxylic acids is 1. The number of fused-ring (bicyclic) bond motifs is 1. The van der Waals surface area contributed by atoms with Gasteiger partial charge in [-0.05, 0) is 26.2 Å². The maximum atomic E-state index is 11.5. The molecular weight excluding hydrogens is 182 g/mol. The van der Waals surface area contributed by atoms with Gasteiger partial charge in [0.1, 0.15) is 11.9 Å².